The van der Waals surface area contributed by atoms with Crippen LogP contribution in [0.1, 0.15) is 35.3 Å². The van der Waals surface area contributed by atoms with Crippen LogP contribution in [-0.4, -0.2) is 24.6 Å². The number of aryl methyl sites for hydroxylation is 2. The normalized spacial score (nSPS) is 12.7. The van der Waals surface area contributed by atoms with Gasteiger partial charge >= 0.3 is 0 Å². The number of benzene rings is 1. The van der Waals surface area contributed by atoms with Crippen LogP contribution in [0.2, 0.25) is 0 Å². The molecule has 1 atom stereocenters. The van der Waals surface area contributed by atoms with Gasteiger partial charge in [0.15, 0.2) is 9.84 Å². The summed E-state index contributed by atoms with van der Waals surface area (Å²) in [7, 11) is -3.33. The van der Waals surface area contributed by atoms with Gasteiger partial charge in [0.25, 0.3) is 0 Å². The largest absolute Gasteiger partial charge is 0.306 e. The van der Waals surface area contributed by atoms with Crippen molar-refractivity contribution in [3.05, 3.63) is 77.2 Å². The smallest absolute Gasteiger partial charge is 0.175 e. The molecule has 146 valence electrons. The van der Waals surface area contributed by atoms with Crippen molar-refractivity contribution < 1.29 is 8.42 Å². The van der Waals surface area contributed by atoms with E-state index < -0.39 is 9.84 Å². The predicted octanol–water partition coefficient (Wildman–Crippen LogP) is 4.01. The van der Waals surface area contributed by atoms with Gasteiger partial charge in [-0.1, -0.05) is 12.1 Å². The molecule has 0 unspecified atom stereocenters. The van der Waals surface area contributed by atoms with Gasteiger partial charge in [-0.25, -0.2) is 8.42 Å². The van der Waals surface area contributed by atoms with Crippen molar-refractivity contribution in [1.29, 1.82) is 0 Å². The summed E-state index contributed by atoms with van der Waals surface area (Å²) < 4.78 is 24.3. The summed E-state index contributed by atoms with van der Waals surface area (Å²) in [6.45, 7) is 6.53. The Hall–Kier alpha value is -2.57. The zero-order valence-corrected chi connectivity index (χ0v) is 17.4. The lowest BCUT2D eigenvalue weighted by atomic mass is 10.1. The van der Waals surface area contributed by atoms with Gasteiger partial charge in [0.2, 0.25) is 0 Å². The summed E-state index contributed by atoms with van der Waals surface area (Å²) in [5.74, 6) is 0. The standard InChI is InChI=1S/C22H25N3O2S/c1-15-5-8-22(25-12-15)20-9-18(10-21(11-20)28(4,26)27)13-24-17(3)19-7-6-16(2)23-14-19/h5-12,14,17,24H,13H2,1-4H3/t17-/m1/s1. The Kier molecular flexibility index (Phi) is 5.91. The van der Waals surface area contributed by atoms with Crippen LogP contribution in [-0.2, 0) is 16.4 Å². The molecule has 3 aromatic rings. The Bertz CT molecular complexity index is 1060. The summed E-state index contributed by atoms with van der Waals surface area (Å²) >= 11 is 0. The van der Waals surface area contributed by atoms with Crippen LogP contribution >= 0.6 is 0 Å². The van der Waals surface area contributed by atoms with E-state index in [4.69, 9.17) is 0 Å². The van der Waals surface area contributed by atoms with Gasteiger partial charge in [-0.15, -0.1) is 0 Å². The van der Waals surface area contributed by atoms with Gasteiger partial charge in [-0.2, -0.15) is 0 Å². The summed E-state index contributed by atoms with van der Waals surface area (Å²) in [6, 6.07) is 13.4. The Morgan fingerprint density at radius 1 is 1.00 bits per heavy atom. The molecule has 0 spiro atoms. The van der Waals surface area contributed by atoms with Gasteiger partial charge in [0.1, 0.15) is 0 Å². The molecule has 1 aromatic carbocycles. The fourth-order valence-corrected chi connectivity index (χ4v) is 3.59. The lowest BCUT2D eigenvalue weighted by Crippen LogP contribution is -2.18. The highest BCUT2D eigenvalue weighted by Crippen LogP contribution is 2.24. The van der Waals surface area contributed by atoms with E-state index >= 15 is 0 Å². The topological polar surface area (TPSA) is 72.0 Å². The number of hydrogen-bond acceptors (Lipinski definition) is 5. The molecule has 0 saturated heterocycles. The van der Waals surface area contributed by atoms with Crippen molar-refractivity contribution in [1.82, 2.24) is 15.3 Å². The molecule has 0 saturated carbocycles. The molecule has 0 amide bonds. The van der Waals surface area contributed by atoms with E-state index in [2.05, 4.69) is 28.3 Å². The lowest BCUT2D eigenvalue weighted by molar-refractivity contribution is 0.572. The van der Waals surface area contributed by atoms with E-state index in [0.717, 1.165) is 33.6 Å². The third kappa shape index (κ3) is 5.03. The summed E-state index contributed by atoms with van der Waals surface area (Å²) in [5, 5.41) is 3.45. The molecule has 0 fully saturated rings. The maximum atomic E-state index is 12.2. The number of nitrogens with zero attached hydrogens (tertiary/aromatic N) is 2. The third-order valence-corrected chi connectivity index (χ3v) is 5.74. The van der Waals surface area contributed by atoms with Crippen LogP contribution in [0.3, 0.4) is 0 Å². The van der Waals surface area contributed by atoms with Crippen molar-refractivity contribution in [3.8, 4) is 11.3 Å². The van der Waals surface area contributed by atoms with Crippen molar-refractivity contribution >= 4 is 9.84 Å². The highest BCUT2D eigenvalue weighted by molar-refractivity contribution is 7.90. The molecule has 3 rings (SSSR count). The second-order valence-corrected chi connectivity index (χ2v) is 9.21. The first-order chi connectivity index (χ1) is 13.2. The summed E-state index contributed by atoms with van der Waals surface area (Å²) in [4.78, 5) is 9.08. The van der Waals surface area contributed by atoms with E-state index in [-0.39, 0.29) is 6.04 Å². The molecule has 1 N–H and O–H groups in total. The van der Waals surface area contributed by atoms with Gasteiger partial charge in [-0.3, -0.25) is 9.97 Å². The van der Waals surface area contributed by atoms with Crippen LogP contribution in [0.4, 0.5) is 0 Å². The van der Waals surface area contributed by atoms with E-state index in [1.807, 2.05) is 44.3 Å². The lowest BCUT2D eigenvalue weighted by Gasteiger charge is -2.15. The molecule has 6 heteroatoms. The minimum atomic E-state index is -3.33. The second-order valence-electron chi connectivity index (χ2n) is 7.19. The first-order valence-corrected chi connectivity index (χ1v) is 11.0. The number of nitrogens with one attached hydrogen (secondary N) is 1. The number of hydrogen-bond donors (Lipinski definition) is 1. The minimum Gasteiger partial charge on any atom is -0.306 e. The fraction of sp³-hybridized carbons (Fsp3) is 0.273. The van der Waals surface area contributed by atoms with Gasteiger partial charge in [-0.05, 0) is 67.8 Å². The maximum absolute atomic E-state index is 12.2. The average molecular weight is 396 g/mol. The molecule has 28 heavy (non-hydrogen) atoms. The van der Waals surface area contributed by atoms with Crippen molar-refractivity contribution in [2.45, 2.75) is 38.3 Å². The predicted molar refractivity (Wildman–Crippen MR) is 112 cm³/mol. The molecule has 2 heterocycles. The molecule has 0 radical (unpaired) electrons. The average Bonchev–Trinajstić information content (AvgIpc) is 2.66. The van der Waals surface area contributed by atoms with E-state index in [1.54, 1.807) is 18.3 Å². The number of pyridine rings is 2. The Morgan fingerprint density at radius 3 is 2.39 bits per heavy atom. The van der Waals surface area contributed by atoms with Gasteiger partial charge in [0.05, 0.1) is 10.6 Å². The van der Waals surface area contributed by atoms with Crippen LogP contribution in [0.5, 0.6) is 0 Å². The molecule has 0 aliphatic carbocycles. The molecular formula is C22H25N3O2S. The van der Waals surface area contributed by atoms with Crippen LogP contribution < -0.4 is 5.32 Å². The molecule has 0 bridgehead atoms. The first-order valence-electron chi connectivity index (χ1n) is 9.15. The molecule has 2 aromatic heterocycles. The summed E-state index contributed by atoms with van der Waals surface area (Å²) in [6.07, 6.45) is 4.88. The van der Waals surface area contributed by atoms with Crippen LogP contribution in [0, 0.1) is 13.8 Å². The number of aromatic nitrogens is 2. The Labute approximate surface area is 166 Å². The van der Waals surface area contributed by atoms with E-state index in [0.29, 0.717) is 11.4 Å². The van der Waals surface area contributed by atoms with Gasteiger partial charge < -0.3 is 5.32 Å². The van der Waals surface area contributed by atoms with Crippen LogP contribution in [0.25, 0.3) is 11.3 Å². The molecule has 0 aliphatic heterocycles. The molecule has 0 aliphatic rings. The highest BCUT2D eigenvalue weighted by atomic mass is 32.2. The minimum absolute atomic E-state index is 0.0935. The van der Waals surface area contributed by atoms with Crippen molar-refractivity contribution in [2.24, 2.45) is 0 Å². The fourth-order valence-electron chi connectivity index (χ4n) is 2.89. The quantitative estimate of drug-likeness (QED) is 0.683. The van der Waals surface area contributed by atoms with Crippen molar-refractivity contribution in [2.75, 3.05) is 6.26 Å². The zero-order chi connectivity index (χ0) is 20.3. The van der Waals surface area contributed by atoms with Crippen LogP contribution in [0.15, 0.2) is 59.8 Å². The van der Waals surface area contributed by atoms with Gasteiger partial charge in [0, 0.05) is 42.5 Å². The van der Waals surface area contributed by atoms with Crippen molar-refractivity contribution in [3.63, 3.8) is 0 Å². The molecule has 5 nitrogen and oxygen atoms in total. The maximum Gasteiger partial charge on any atom is 0.175 e. The van der Waals surface area contributed by atoms with E-state index in [1.165, 1.54) is 6.26 Å². The summed E-state index contributed by atoms with van der Waals surface area (Å²) in [5.41, 5.74) is 5.58. The highest BCUT2D eigenvalue weighted by Gasteiger charge is 2.13. The Balaban J connectivity index is 1.88. The van der Waals surface area contributed by atoms with E-state index in [9.17, 15) is 8.42 Å². The second kappa shape index (κ2) is 8.20. The third-order valence-electron chi connectivity index (χ3n) is 4.65. The first kappa shape index (κ1) is 20.2. The Morgan fingerprint density at radius 2 is 1.79 bits per heavy atom. The number of sulfone groups is 1. The monoisotopic (exact) mass is 395 g/mol. The molecular weight excluding hydrogens is 370 g/mol. The number of rotatable bonds is 6. The SMILES string of the molecule is Cc1ccc(-c2cc(CN[C@H](C)c3ccc(C)nc3)cc(S(C)(=O)=O)c2)nc1. The zero-order valence-electron chi connectivity index (χ0n) is 16.6.